The third kappa shape index (κ3) is 4.19. The predicted octanol–water partition coefficient (Wildman–Crippen LogP) is 2.69. The summed E-state index contributed by atoms with van der Waals surface area (Å²) in [6, 6.07) is 8.35. The van der Waals surface area contributed by atoms with Crippen LogP contribution in [0.25, 0.3) is 0 Å². The maximum absolute atomic E-state index is 12.3. The monoisotopic (exact) mass is 340 g/mol. The summed E-state index contributed by atoms with van der Waals surface area (Å²) in [7, 11) is 1.89. The van der Waals surface area contributed by atoms with Gasteiger partial charge in [0.1, 0.15) is 5.75 Å². The number of alkyl halides is 3. The SMILES string of the molecule is Cn1nccc1CNC1CCN(c2cccc(OC(F)(F)F)c2)C1. The molecule has 3 rings (SSSR count). The van der Waals surface area contributed by atoms with Crippen molar-refractivity contribution in [1.82, 2.24) is 15.1 Å². The van der Waals surface area contributed by atoms with E-state index < -0.39 is 6.36 Å². The quantitative estimate of drug-likeness (QED) is 0.909. The molecule has 1 aliphatic heterocycles. The molecule has 0 saturated carbocycles. The molecule has 1 unspecified atom stereocenters. The van der Waals surface area contributed by atoms with E-state index in [1.165, 1.54) is 12.1 Å². The first-order valence-electron chi connectivity index (χ1n) is 7.72. The van der Waals surface area contributed by atoms with Crippen molar-refractivity contribution in [1.29, 1.82) is 0 Å². The van der Waals surface area contributed by atoms with E-state index in [2.05, 4.69) is 20.1 Å². The van der Waals surface area contributed by atoms with Crippen molar-refractivity contribution in [3.63, 3.8) is 0 Å². The van der Waals surface area contributed by atoms with Gasteiger partial charge in [0.2, 0.25) is 0 Å². The Morgan fingerprint density at radius 2 is 2.17 bits per heavy atom. The second kappa shape index (κ2) is 6.72. The van der Waals surface area contributed by atoms with Crippen molar-refractivity contribution in [2.75, 3.05) is 18.0 Å². The molecule has 130 valence electrons. The molecule has 1 atom stereocenters. The second-order valence-electron chi connectivity index (χ2n) is 5.80. The van der Waals surface area contributed by atoms with Gasteiger partial charge in [-0.3, -0.25) is 4.68 Å². The largest absolute Gasteiger partial charge is 0.573 e. The Bertz CT molecular complexity index is 686. The minimum Gasteiger partial charge on any atom is -0.406 e. The highest BCUT2D eigenvalue weighted by Crippen LogP contribution is 2.28. The average Bonchev–Trinajstić information content (AvgIpc) is 3.12. The van der Waals surface area contributed by atoms with Crippen molar-refractivity contribution < 1.29 is 17.9 Å². The summed E-state index contributed by atoms with van der Waals surface area (Å²) in [4.78, 5) is 2.06. The standard InChI is InChI=1S/C16H19F3N4O/c1-22-14(5-7-21-22)10-20-12-6-8-23(11-12)13-3-2-4-15(9-13)24-16(17,18)19/h2-5,7,9,12,20H,6,8,10-11H2,1H3. The molecule has 24 heavy (non-hydrogen) atoms. The highest BCUT2D eigenvalue weighted by molar-refractivity contribution is 5.51. The summed E-state index contributed by atoms with van der Waals surface area (Å²) in [6.45, 7) is 2.25. The number of rotatable bonds is 5. The van der Waals surface area contributed by atoms with Gasteiger partial charge in [-0.25, -0.2) is 0 Å². The normalized spacial score (nSPS) is 18.2. The highest BCUT2D eigenvalue weighted by atomic mass is 19.4. The maximum Gasteiger partial charge on any atom is 0.573 e. The molecule has 2 heterocycles. The minimum absolute atomic E-state index is 0.189. The molecular formula is C16H19F3N4O. The van der Waals surface area contributed by atoms with E-state index in [9.17, 15) is 13.2 Å². The van der Waals surface area contributed by atoms with Crippen LogP contribution in [-0.2, 0) is 13.6 Å². The van der Waals surface area contributed by atoms with Crippen molar-refractivity contribution in [3.8, 4) is 5.75 Å². The van der Waals surface area contributed by atoms with Gasteiger partial charge in [-0.05, 0) is 24.6 Å². The summed E-state index contributed by atoms with van der Waals surface area (Å²) < 4.78 is 42.8. The van der Waals surface area contributed by atoms with Crippen LogP contribution in [-0.4, -0.2) is 35.3 Å². The molecule has 0 bridgehead atoms. The predicted molar refractivity (Wildman–Crippen MR) is 83.8 cm³/mol. The number of hydrogen-bond acceptors (Lipinski definition) is 4. The molecule has 2 aromatic rings. The Balaban J connectivity index is 1.57. The van der Waals surface area contributed by atoms with Crippen molar-refractivity contribution >= 4 is 5.69 Å². The van der Waals surface area contributed by atoms with Crippen LogP contribution in [0, 0.1) is 0 Å². The van der Waals surface area contributed by atoms with E-state index in [0.717, 1.165) is 30.9 Å². The number of hydrogen-bond donors (Lipinski definition) is 1. The molecule has 0 spiro atoms. The smallest absolute Gasteiger partial charge is 0.406 e. The lowest BCUT2D eigenvalue weighted by Crippen LogP contribution is -2.32. The van der Waals surface area contributed by atoms with Crippen LogP contribution in [0.15, 0.2) is 36.5 Å². The van der Waals surface area contributed by atoms with Gasteiger partial charge in [-0.1, -0.05) is 6.07 Å². The molecule has 0 radical (unpaired) electrons. The molecule has 0 aliphatic carbocycles. The van der Waals surface area contributed by atoms with Gasteiger partial charge in [-0.15, -0.1) is 13.2 Å². The average molecular weight is 340 g/mol. The van der Waals surface area contributed by atoms with E-state index in [0.29, 0.717) is 6.54 Å². The number of halogens is 3. The Labute approximate surface area is 138 Å². The summed E-state index contributed by atoms with van der Waals surface area (Å²) in [6.07, 6.45) is -1.98. The Morgan fingerprint density at radius 1 is 1.33 bits per heavy atom. The number of aromatic nitrogens is 2. The minimum atomic E-state index is -4.67. The second-order valence-corrected chi connectivity index (χ2v) is 5.80. The molecule has 8 heteroatoms. The Hall–Kier alpha value is -2.22. The molecular weight excluding hydrogens is 321 g/mol. The lowest BCUT2D eigenvalue weighted by Gasteiger charge is -2.20. The Kier molecular flexibility index (Phi) is 4.66. The number of ether oxygens (including phenoxy) is 1. The van der Waals surface area contributed by atoms with Crippen LogP contribution in [0.3, 0.4) is 0 Å². The van der Waals surface area contributed by atoms with E-state index in [1.54, 1.807) is 18.3 Å². The molecule has 1 aliphatic rings. The van der Waals surface area contributed by atoms with Crippen LogP contribution in [0.4, 0.5) is 18.9 Å². The van der Waals surface area contributed by atoms with Crippen molar-refractivity contribution in [2.24, 2.45) is 7.05 Å². The zero-order chi connectivity index (χ0) is 17.2. The summed E-state index contributed by atoms with van der Waals surface area (Å²) in [5.41, 5.74) is 1.83. The van der Waals surface area contributed by atoms with E-state index >= 15 is 0 Å². The first-order chi connectivity index (χ1) is 11.4. The van der Waals surface area contributed by atoms with Crippen LogP contribution in [0.5, 0.6) is 5.75 Å². The fourth-order valence-corrected chi connectivity index (χ4v) is 2.86. The van der Waals surface area contributed by atoms with Crippen molar-refractivity contribution in [2.45, 2.75) is 25.4 Å². The van der Waals surface area contributed by atoms with E-state index in [-0.39, 0.29) is 11.8 Å². The number of aryl methyl sites for hydroxylation is 1. The van der Waals surface area contributed by atoms with Crippen LogP contribution >= 0.6 is 0 Å². The molecule has 1 aromatic heterocycles. The highest BCUT2D eigenvalue weighted by Gasteiger charge is 2.31. The Morgan fingerprint density at radius 3 is 2.88 bits per heavy atom. The molecule has 1 fully saturated rings. The van der Waals surface area contributed by atoms with Gasteiger partial charge in [0.15, 0.2) is 0 Å². The lowest BCUT2D eigenvalue weighted by atomic mass is 10.2. The van der Waals surface area contributed by atoms with Crippen LogP contribution in [0.2, 0.25) is 0 Å². The van der Waals surface area contributed by atoms with Gasteiger partial charge in [0, 0.05) is 50.7 Å². The molecule has 1 N–H and O–H groups in total. The maximum atomic E-state index is 12.3. The molecule has 1 saturated heterocycles. The van der Waals surface area contributed by atoms with E-state index in [1.807, 2.05) is 17.8 Å². The van der Waals surface area contributed by atoms with Gasteiger partial charge in [-0.2, -0.15) is 5.10 Å². The van der Waals surface area contributed by atoms with Crippen molar-refractivity contribution in [3.05, 3.63) is 42.2 Å². The van der Waals surface area contributed by atoms with Gasteiger partial charge >= 0.3 is 6.36 Å². The van der Waals surface area contributed by atoms with E-state index in [4.69, 9.17) is 0 Å². The molecule has 1 aromatic carbocycles. The number of anilines is 1. The lowest BCUT2D eigenvalue weighted by molar-refractivity contribution is -0.274. The van der Waals surface area contributed by atoms with Gasteiger partial charge < -0.3 is 15.0 Å². The number of nitrogens with zero attached hydrogens (tertiary/aromatic N) is 3. The number of benzene rings is 1. The summed E-state index contributed by atoms with van der Waals surface area (Å²) in [5, 5.41) is 7.59. The number of nitrogens with one attached hydrogen (secondary N) is 1. The fourth-order valence-electron chi connectivity index (χ4n) is 2.86. The van der Waals surface area contributed by atoms with Gasteiger partial charge in [0.25, 0.3) is 0 Å². The van der Waals surface area contributed by atoms with Crippen LogP contribution in [0.1, 0.15) is 12.1 Å². The zero-order valence-electron chi connectivity index (χ0n) is 13.3. The first kappa shape index (κ1) is 16.6. The summed E-state index contributed by atoms with van der Waals surface area (Å²) in [5.74, 6) is -0.189. The third-order valence-corrected chi connectivity index (χ3v) is 4.10. The molecule has 0 amide bonds. The molecule has 5 nitrogen and oxygen atoms in total. The summed E-state index contributed by atoms with van der Waals surface area (Å²) >= 11 is 0. The van der Waals surface area contributed by atoms with Gasteiger partial charge in [0.05, 0.1) is 5.69 Å². The third-order valence-electron chi connectivity index (χ3n) is 4.10. The topological polar surface area (TPSA) is 42.3 Å². The fraction of sp³-hybridized carbons (Fsp3) is 0.438. The zero-order valence-corrected chi connectivity index (χ0v) is 13.3. The van der Waals surface area contributed by atoms with Crippen LogP contribution < -0.4 is 15.0 Å². The first-order valence-corrected chi connectivity index (χ1v) is 7.72.